The Bertz CT molecular complexity index is 772. The van der Waals surface area contributed by atoms with Crippen LogP contribution in [0.25, 0.3) is 0 Å². The molecule has 2 aromatic rings. The summed E-state index contributed by atoms with van der Waals surface area (Å²) in [4.78, 5) is 30.4. The Kier molecular flexibility index (Phi) is 5.18. The average Bonchev–Trinajstić information content (AvgIpc) is 2.55. The molecule has 1 N–H and O–H groups in total. The Morgan fingerprint density at radius 3 is 2.42 bits per heavy atom. The number of carbonyl (C=O) groups excluding carboxylic acids is 2. The number of pyridine rings is 1. The average molecular weight is 326 g/mol. The maximum atomic E-state index is 11.6. The number of hydrogen-bond acceptors (Lipinski definition) is 5. The normalized spacial score (nSPS) is 10.2. The molecule has 24 heavy (non-hydrogen) atoms. The molecule has 0 saturated carbocycles. The second-order valence-electron chi connectivity index (χ2n) is 5.85. The van der Waals surface area contributed by atoms with Crippen molar-refractivity contribution in [1.82, 2.24) is 4.98 Å². The van der Waals surface area contributed by atoms with Gasteiger partial charge in [0, 0.05) is 45.4 Å². The molecule has 6 heteroatoms. The summed E-state index contributed by atoms with van der Waals surface area (Å²) in [6.07, 6.45) is 2.50. The molecule has 0 aliphatic heterocycles. The molecule has 0 bridgehead atoms. The highest BCUT2D eigenvalue weighted by molar-refractivity contribution is 5.95. The van der Waals surface area contributed by atoms with E-state index in [1.54, 1.807) is 24.2 Å². The lowest BCUT2D eigenvalue weighted by Gasteiger charge is -2.24. The second kappa shape index (κ2) is 7.12. The number of benzene rings is 1. The highest BCUT2D eigenvalue weighted by Gasteiger charge is 2.14. The third kappa shape index (κ3) is 3.71. The van der Waals surface area contributed by atoms with E-state index in [4.69, 9.17) is 0 Å². The monoisotopic (exact) mass is 326 g/mol. The molecule has 1 aromatic carbocycles. The lowest BCUT2D eigenvalue weighted by atomic mass is 10.1. The van der Waals surface area contributed by atoms with E-state index in [0.717, 1.165) is 28.9 Å². The van der Waals surface area contributed by atoms with Gasteiger partial charge in [-0.1, -0.05) is 0 Å². The van der Waals surface area contributed by atoms with Gasteiger partial charge in [-0.2, -0.15) is 0 Å². The lowest BCUT2D eigenvalue weighted by molar-refractivity contribution is -0.116. The number of aryl methyl sites for hydroxylation is 1. The number of anilines is 4. The van der Waals surface area contributed by atoms with Crippen molar-refractivity contribution in [1.29, 1.82) is 0 Å². The van der Waals surface area contributed by atoms with Crippen molar-refractivity contribution in [3.8, 4) is 0 Å². The van der Waals surface area contributed by atoms with Crippen LogP contribution < -0.4 is 15.1 Å². The quantitative estimate of drug-likeness (QED) is 0.856. The summed E-state index contributed by atoms with van der Waals surface area (Å²) in [6.45, 7) is 3.45. The number of carbonyl (C=O) groups is 2. The molecule has 0 atom stereocenters. The summed E-state index contributed by atoms with van der Waals surface area (Å²) in [6, 6.07) is 7.32. The minimum atomic E-state index is -0.0547. The first-order chi connectivity index (χ1) is 11.3. The van der Waals surface area contributed by atoms with Gasteiger partial charge in [-0.3, -0.25) is 9.59 Å². The van der Waals surface area contributed by atoms with Gasteiger partial charge in [0.15, 0.2) is 0 Å². The number of amides is 1. The molecule has 6 nitrogen and oxygen atoms in total. The number of rotatable bonds is 5. The molecule has 126 valence electrons. The summed E-state index contributed by atoms with van der Waals surface area (Å²) >= 11 is 0. The van der Waals surface area contributed by atoms with E-state index in [1.807, 2.05) is 44.1 Å². The molecule has 2 rings (SSSR count). The number of aldehydes is 1. The van der Waals surface area contributed by atoms with E-state index >= 15 is 0 Å². The Balaban J connectivity index is 2.37. The minimum absolute atomic E-state index is 0.0547. The largest absolute Gasteiger partial charge is 0.376 e. The predicted octanol–water partition coefficient (Wildman–Crippen LogP) is 2.99. The van der Waals surface area contributed by atoms with Crippen molar-refractivity contribution in [2.24, 2.45) is 0 Å². The van der Waals surface area contributed by atoms with Crippen molar-refractivity contribution in [3.05, 3.63) is 41.6 Å². The third-order valence-electron chi connectivity index (χ3n) is 3.83. The van der Waals surface area contributed by atoms with Gasteiger partial charge in [0.1, 0.15) is 12.1 Å². The Morgan fingerprint density at radius 2 is 1.88 bits per heavy atom. The van der Waals surface area contributed by atoms with Crippen LogP contribution in [0.3, 0.4) is 0 Å². The first-order valence-electron chi connectivity index (χ1n) is 7.58. The third-order valence-corrected chi connectivity index (χ3v) is 3.83. The molecule has 0 fully saturated rings. The first-order valence-corrected chi connectivity index (χ1v) is 7.58. The van der Waals surface area contributed by atoms with Crippen LogP contribution in [0.5, 0.6) is 0 Å². The highest BCUT2D eigenvalue weighted by Crippen LogP contribution is 2.30. The Morgan fingerprint density at radius 1 is 1.17 bits per heavy atom. The van der Waals surface area contributed by atoms with E-state index in [2.05, 4.69) is 10.3 Å². The lowest BCUT2D eigenvalue weighted by Crippen LogP contribution is -2.25. The Labute approximate surface area is 142 Å². The molecule has 0 saturated heterocycles. The van der Waals surface area contributed by atoms with Crippen LogP contribution in [-0.2, 0) is 4.79 Å². The van der Waals surface area contributed by atoms with Crippen molar-refractivity contribution >= 4 is 35.1 Å². The summed E-state index contributed by atoms with van der Waals surface area (Å²) in [5.41, 5.74) is 4.10. The zero-order valence-electron chi connectivity index (χ0n) is 14.6. The second-order valence-corrected chi connectivity index (χ2v) is 5.85. The van der Waals surface area contributed by atoms with E-state index < -0.39 is 0 Å². The van der Waals surface area contributed by atoms with Gasteiger partial charge in [0.25, 0.3) is 0 Å². The van der Waals surface area contributed by atoms with Crippen LogP contribution in [0.15, 0.2) is 30.5 Å². The van der Waals surface area contributed by atoms with Gasteiger partial charge < -0.3 is 15.1 Å². The summed E-state index contributed by atoms with van der Waals surface area (Å²) < 4.78 is 0. The van der Waals surface area contributed by atoms with Crippen LogP contribution in [0.1, 0.15) is 22.8 Å². The van der Waals surface area contributed by atoms with Gasteiger partial charge in [0.05, 0.1) is 17.6 Å². The molecule has 0 spiro atoms. The Hall–Kier alpha value is -2.89. The topological polar surface area (TPSA) is 65.5 Å². The summed E-state index contributed by atoms with van der Waals surface area (Å²) in [7, 11) is 5.56. The fourth-order valence-corrected chi connectivity index (χ4v) is 2.33. The fourth-order valence-electron chi connectivity index (χ4n) is 2.33. The molecule has 1 aromatic heterocycles. The van der Waals surface area contributed by atoms with Crippen LogP contribution in [0, 0.1) is 6.92 Å². The van der Waals surface area contributed by atoms with Crippen LogP contribution >= 0.6 is 0 Å². The molecule has 1 heterocycles. The maximum Gasteiger partial charge on any atom is 0.223 e. The zero-order chi connectivity index (χ0) is 17.9. The van der Waals surface area contributed by atoms with Crippen molar-refractivity contribution in [2.45, 2.75) is 13.8 Å². The maximum absolute atomic E-state index is 11.6. The van der Waals surface area contributed by atoms with E-state index in [9.17, 15) is 9.59 Å². The number of aromatic nitrogens is 1. The molecular formula is C18H22N4O2. The molecule has 0 aliphatic rings. The number of nitrogens with one attached hydrogen (secondary N) is 1. The van der Waals surface area contributed by atoms with Crippen molar-refractivity contribution < 1.29 is 9.59 Å². The summed E-state index contributed by atoms with van der Waals surface area (Å²) in [5, 5.41) is 3.26. The van der Waals surface area contributed by atoms with Gasteiger partial charge >= 0.3 is 0 Å². The van der Waals surface area contributed by atoms with E-state index in [-0.39, 0.29) is 5.91 Å². The first kappa shape index (κ1) is 17.5. The standard InChI is InChI=1S/C18H22N4O2/c1-12-8-14(11-23)6-7-15(12)20-18-9-16(21(3)4)17(10-19-18)22(5)13(2)24/h6-11H,1-5H3,(H,19,20). The van der Waals surface area contributed by atoms with Crippen molar-refractivity contribution in [2.75, 3.05) is 36.3 Å². The number of hydrogen-bond donors (Lipinski definition) is 1. The molecule has 0 radical (unpaired) electrons. The van der Waals surface area contributed by atoms with Crippen LogP contribution in [-0.4, -0.2) is 38.3 Å². The van der Waals surface area contributed by atoms with Crippen LogP contribution in [0.4, 0.5) is 22.9 Å². The number of nitrogens with zero attached hydrogens (tertiary/aromatic N) is 3. The minimum Gasteiger partial charge on any atom is -0.376 e. The van der Waals surface area contributed by atoms with Crippen LogP contribution in [0.2, 0.25) is 0 Å². The SMILES string of the molecule is CC(=O)N(C)c1cnc(Nc2ccc(C=O)cc2C)cc1N(C)C. The van der Waals surface area contributed by atoms with E-state index in [0.29, 0.717) is 11.4 Å². The van der Waals surface area contributed by atoms with E-state index in [1.165, 1.54) is 6.92 Å². The van der Waals surface area contributed by atoms with Crippen molar-refractivity contribution in [3.63, 3.8) is 0 Å². The molecule has 0 unspecified atom stereocenters. The molecular weight excluding hydrogens is 304 g/mol. The van der Waals surface area contributed by atoms with Gasteiger partial charge in [-0.15, -0.1) is 0 Å². The van der Waals surface area contributed by atoms with Gasteiger partial charge in [-0.05, 0) is 30.7 Å². The fraction of sp³-hybridized carbons (Fsp3) is 0.278. The van der Waals surface area contributed by atoms with Gasteiger partial charge in [-0.25, -0.2) is 4.98 Å². The molecule has 0 aliphatic carbocycles. The summed E-state index contributed by atoms with van der Waals surface area (Å²) in [5.74, 6) is 0.613. The highest BCUT2D eigenvalue weighted by atomic mass is 16.2. The molecule has 1 amide bonds. The predicted molar refractivity (Wildman–Crippen MR) is 97.5 cm³/mol. The zero-order valence-corrected chi connectivity index (χ0v) is 14.6. The smallest absolute Gasteiger partial charge is 0.223 e. The van der Waals surface area contributed by atoms with Gasteiger partial charge in [0.2, 0.25) is 5.91 Å².